The molecule has 1 aliphatic heterocycles. The van der Waals surface area contributed by atoms with Crippen LogP contribution in [0.4, 0.5) is 5.69 Å². The van der Waals surface area contributed by atoms with Gasteiger partial charge in [0, 0.05) is 6.54 Å². The van der Waals surface area contributed by atoms with Crippen LogP contribution in [0.15, 0.2) is 51.5 Å². The molecule has 1 amide bonds. The fraction of sp³-hybridized carbons (Fsp3) is 0.222. The second-order valence-electron chi connectivity index (χ2n) is 5.69. The standard InChI is InChI=1S/C18H15N3O6/c22-16-11-25-13-5-2-1-4-12(13)21(16)8-7-17(23)26-10-15-19-20-18(27-15)14-6-3-9-24-14/h1-6,9H,7-8,10-11H2. The highest BCUT2D eigenvalue weighted by Crippen LogP contribution is 2.31. The van der Waals surface area contributed by atoms with Gasteiger partial charge in [-0.05, 0) is 24.3 Å². The minimum atomic E-state index is -0.482. The van der Waals surface area contributed by atoms with Crippen molar-refractivity contribution < 1.29 is 27.9 Å². The molecule has 0 N–H and O–H groups in total. The second-order valence-corrected chi connectivity index (χ2v) is 5.69. The number of carbonyl (C=O) groups is 2. The summed E-state index contributed by atoms with van der Waals surface area (Å²) in [6, 6.07) is 10.6. The number of aromatic nitrogens is 2. The summed E-state index contributed by atoms with van der Waals surface area (Å²) in [7, 11) is 0. The van der Waals surface area contributed by atoms with Crippen molar-refractivity contribution in [3.8, 4) is 17.4 Å². The van der Waals surface area contributed by atoms with Crippen LogP contribution in [0, 0.1) is 0 Å². The molecule has 1 aromatic carbocycles. The highest BCUT2D eigenvalue weighted by molar-refractivity contribution is 5.98. The molecule has 9 heteroatoms. The summed E-state index contributed by atoms with van der Waals surface area (Å²) in [5.74, 6) is 0.724. The van der Waals surface area contributed by atoms with Gasteiger partial charge in [-0.25, -0.2) is 0 Å². The molecule has 0 spiro atoms. The number of nitrogens with zero attached hydrogens (tertiary/aromatic N) is 3. The van der Waals surface area contributed by atoms with Crippen molar-refractivity contribution >= 4 is 17.6 Å². The van der Waals surface area contributed by atoms with Gasteiger partial charge < -0.3 is 23.2 Å². The highest BCUT2D eigenvalue weighted by atomic mass is 16.5. The number of fused-ring (bicyclic) bond motifs is 1. The lowest BCUT2D eigenvalue weighted by atomic mass is 10.2. The third kappa shape index (κ3) is 3.66. The Hall–Kier alpha value is -3.62. The van der Waals surface area contributed by atoms with Crippen molar-refractivity contribution in [1.82, 2.24) is 10.2 Å². The topological polar surface area (TPSA) is 108 Å². The average Bonchev–Trinajstić information content (AvgIpc) is 3.37. The Morgan fingerprint density at radius 3 is 2.93 bits per heavy atom. The Balaban J connectivity index is 1.31. The fourth-order valence-electron chi connectivity index (χ4n) is 2.63. The molecule has 0 aliphatic carbocycles. The monoisotopic (exact) mass is 369 g/mol. The lowest BCUT2D eigenvalue weighted by Gasteiger charge is -2.28. The molecule has 138 valence electrons. The van der Waals surface area contributed by atoms with Gasteiger partial charge in [-0.1, -0.05) is 12.1 Å². The van der Waals surface area contributed by atoms with E-state index in [-0.39, 0.29) is 43.9 Å². The Morgan fingerprint density at radius 2 is 2.07 bits per heavy atom. The summed E-state index contributed by atoms with van der Waals surface area (Å²) < 4.78 is 21.0. The molecule has 1 aliphatic rings. The van der Waals surface area contributed by atoms with Crippen molar-refractivity contribution in [2.75, 3.05) is 18.1 Å². The molecule has 3 heterocycles. The number of hydrogen-bond donors (Lipinski definition) is 0. The first-order valence-corrected chi connectivity index (χ1v) is 8.25. The zero-order valence-electron chi connectivity index (χ0n) is 14.2. The maximum atomic E-state index is 12.1. The Bertz CT molecular complexity index is 950. The van der Waals surface area contributed by atoms with E-state index < -0.39 is 5.97 Å². The van der Waals surface area contributed by atoms with Crippen molar-refractivity contribution in [1.29, 1.82) is 0 Å². The average molecular weight is 369 g/mol. The van der Waals surface area contributed by atoms with E-state index in [1.165, 1.54) is 11.2 Å². The predicted octanol–water partition coefficient (Wildman–Crippen LogP) is 2.19. The summed E-state index contributed by atoms with van der Waals surface area (Å²) in [5, 5.41) is 7.62. The molecule has 0 fully saturated rings. The lowest BCUT2D eigenvalue weighted by Crippen LogP contribution is -2.40. The van der Waals surface area contributed by atoms with Gasteiger partial charge in [0.05, 0.1) is 18.4 Å². The van der Waals surface area contributed by atoms with Crippen LogP contribution in [0.2, 0.25) is 0 Å². The van der Waals surface area contributed by atoms with Gasteiger partial charge in [0.1, 0.15) is 5.75 Å². The molecule has 2 aromatic heterocycles. The molecule has 0 saturated heterocycles. The van der Waals surface area contributed by atoms with Crippen LogP contribution in [0.1, 0.15) is 12.3 Å². The van der Waals surface area contributed by atoms with Crippen molar-refractivity contribution in [3.05, 3.63) is 48.6 Å². The SMILES string of the molecule is O=C(CCN1C(=O)COc2ccccc21)OCc1nnc(-c2ccco2)o1. The van der Waals surface area contributed by atoms with Crippen LogP contribution < -0.4 is 9.64 Å². The van der Waals surface area contributed by atoms with Crippen LogP contribution in [0.5, 0.6) is 5.75 Å². The zero-order valence-corrected chi connectivity index (χ0v) is 14.2. The third-order valence-corrected chi connectivity index (χ3v) is 3.90. The fourth-order valence-corrected chi connectivity index (χ4v) is 2.63. The number of rotatable bonds is 6. The lowest BCUT2D eigenvalue weighted by molar-refractivity contribution is -0.145. The van der Waals surface area contributed by atoms with Crippen LogP contribution in [-0.4, -0.2) is 35.2 Å². The predicted molar refractivity (Wildman–Crippen MR) is 90.7 cm³/mol. The second kappa shape index (κ2) is 7.32. The maximum Gasteiger partial charge on any atom is 0.308 e. The van der Waals surface area contributed by atoms with Crippen molar-refractivity contribution in [3.63, 3.8) is 0 Å². The summed E-state index contributed by atoms with van der Waals surface area (Å²) in [5.41, 5.74) is 0.640. The molecule has 0 unspecified atom stereocenters. The first kappa shape index (κ1) is 16.8. The van der Waals surface area contributed by atoms with E-state index in [4.69, 9.17) is 18.3 Å². The van der Waals surface area contributed by atoms with Crippen LogP contribution >= 0.6 is 0 Å². The first-order valence-electron chi connectivity index (χ1n) is 8.25. The Labute approximate surface area is 153 Å². The maximum absolute atomic E-state index is 12.1. The number of furan rings is 1. The zero-order chi connectivity index (χ0) is 18.6. The van der Waals surface area contributed by atoms with Gasteiger partial charge in [0.25, 0.3) is 17.7 Å². The number of para-hydroxylation sites is 2. The summed E-state index contributed by atoms with van der Waals surface area (Å²) in [4.78, 5) is 25.6. The van der Waals surface area contributed by atoms with E-state index in [9.17, 15) is 9.59 Å². The molecular formula is C18H15N3O6. The first-order chi connectivity index (χ1) is 13.2. The molecule has 3 aromatic rings. The van der Waals surface area contributed by atoms with E-state index >= 15 is 0 Å². The largest absolute Gasteiger partial charge is 0.482 e. The van der Waals surface area contributed by atoms with Gasteiger partial charge in [0.15, 0.2) is 19.0 Å². The quantitative estimate of drug-likeness (QED) is 0.609. The van der Waals surface area contributed by atoms with E-state index in [0.29, 0.717) is 17.2 Å². The van der Waals surface area contributed by atoms with Gasteiger partial charge in [0.2, 0.25) is 0 Å². The van der Waals surface area contributed by atoms with Gasteiger partial charge in [-0.2, -0.15) is 0 Å². The van der Waals surface area contributed by atoms with E-state index in [1.54, 1.807) is 30.3 Å². The number of hydrogen-bond acceptors (Lipinski definition) is 8. The van der Waals surface area contributed by atoms with Crippen molar-refractivity contribution in [2.45, 2.75) is 13.0 Å². The van der Waals surface area contributed by atoms with Crippen LogP contribution in [0.3, 0.4) is 0 Å². The number of benzene rings is 1. The van der Waals surface area contributed by atoms with E-state index in [1.807, 2.05) is 6.07 Å². The molecule has 27 heavy (non-hydrogen) atoms. The molecular weight excluding hydrogens is 354 g/mol. The summed E-state index contributed by atoms with van der Waals surface area (Å²) in [6.45, 7) is -0.0106. The third-order valence-electron chi connectivity index (χ3n) is 3.90. The van der Waals surface area contributed by atoms with E-state index in [2.05, 4.69) is 10.2 Å². The summed E-state index contributed by atoms with van der Waals surface area (Å²) in [6.07, 6.45) is 1.52. The number of amides is 1. The number of anilines is 1. The smallest absolute Gasteiger partial charge is 0.308 e. The molecule has 0 radical (unpaired) electrons. The highest BCUT2D eigenvalue weighted by Gasteiger charge is 2.25. The minimum absolute atomic E-state index is 0.0270. The Kier molecular flexibility index (Phi) is 4.56. The van der Waals surface area contributed by atoms with Crippen LogP contribution in [0.25, 0.3) is 11.7 Å². The van der Waals surface area contributed by atoms with Gasteiger partial charge in [-0.15, -0.1) is 10.2 Å². The van der Waals surface area contributed by atoms with Gasteiger partial charge in [-0.3, -0.25) is 9.59 Å². The Morgan fingerprint density at radius 1 is 1.19 bits per heavy atom. The number of esters is 1. The molecule has 4 rings (SSSR count). The molecule has 9 nitrogen and oxygen atoms in total. The normalized spacial score (nSPS) is 13.2. The molecule has 0 atom stereocenters. The molecule has 0 saturated carbocycles. The molecule has 0 bridgehead atoms. The number of carbonyl (C=O) groups excluding carboxylic acids is 2. The van der Waals surface area contributed by atoms with Crippen LogP contribution in [-0.2, 0) is 20.9 Å². The van der Waals surface area contributed by atoms with Gasteiger partial charge >= 0.3 is 5.97 Å². The van der Waals surface area contributed by atoms with Crippen molar-refractivity contribution in [2.24, 2.45) is 0 Å². The van der Waals surface area contributed by atoms with E-state index in [0.717, 1.165) is 0 Å². The minimum Gasteiger partial charge on any atom is -0.482 e. The number of ether oxygens (including phenoxy) is 2. The summed E-state index contributed by atoms with van der Waals surface area (Å²) >= 11 is 0.